The Kier molecular flexibility index (Phi) is 7.55. The summed E-state index contributed by atoms with van der Waals surface area (Å²) in [7, 11) is 0. The van der Waals surface area contributed by atoms with Crippen LogP contribution in [-0.4, -0.2) is 67.5 Å². The first-order chi connectivity index (χ1) is 20.8. The molecule has 4 aromatic rings. The number of piperidine rings is 1. The van der Waals surface area contributed by atoms with E-state index >= 15 is 0 Å². The summed E-state index contributed by atoms with van der Waals surface area (Å²) in [5.74, 6) is -0.103. The Labute approximate surface area is 259 Å². The number of rotatable bonds is 5. The Bertz CT molecular complexity index is 1710. The molecule has 2 aromatic heterocycles. The summed E-state index contributed by atoms with van der Waals surface area (Å²) in [4.78, 5) is 32.7. The van der Waals surface area contributed by atoms with E-state index in [1.54, 1.807) is 39.8 Å². The molecule has 3 unspecified atom stereocenters. The maximum Gasteiger partial charge on any atom is 0.262 e. The van der Waals surface area contributed by atoms with Gasteiger partial charge in [0.15, 0.2) is 5.65 Å². The van der Waals surface area contributed by atoms with Crippen molar-refractivity contribution in [2.24, 2.45) is 0 Å². The molecule has 2 aromatic carbocycles. The monoisotopic (exact) mass is 621 g/mol. The molecule has 43 heavy (non-hydrogen) atoms. The fourth-order valence-corrected chi connectivity index (χ4v) is 7.12. The van der Waals surface area contributed by atoms with Crippen molar-refractivity contribution >= 4 is 40.1 Å². The van der Waals surface area contributed by atoms with Gasteiger partial charge in [-0.05, 0) is 80.1 Å². The second kappa shape index (κ2) is 11.4. The van der Waals surface area contributed by atoms with Gasteiger partial charge in [0.25, 0.3) is 11.5 Å². The molecule has 7 rings (SSSR count). The first kappa shape index (κ1) is 28.6. The minimum atomic E-state index is -1.15. The first-order valence-corrected chi connectivity index (χ1v) is 15.6. The van der Waals surface area contributed by atoms with Gasteiger partial charge in [-0.2, -0.15) is 0 Å². The van der Waals surface area contributed by atoms with Crippen LogP contribution in [0, 0.1) is 0 Å². The molecule has 0 bridgehead atoms. The van der Waals surface area contributed by atoms with E-state index in [0.717, 1.165) is 24.1 Å². The van der Waals surface area contributed by atoms with Crippen LogP contribution in [0.3, 0.4) is 0 Å². The van der Waals surface area contributed by atoms with E-state index in [2.05, 4.69) is 22.4 Å². The molecule has 3 aliphatic rings. The van der Waals surface area contributed by atoms with Gasteiger partial charge in [0.1, 0.15) is 11.5 Å². The number of aliphatic hydroxyl groups is 1. The molecule has 3 atom stereocenters. The smallest absolute Gasteiger partial charge is 0.262 e. The van der Waals surface area contributed by atoms with Crippen LogP contribution < -0.4 is 10.9 Å². The lowest BCUT2D eigenvalue weighted by atomic mass is 9.91. The second-order valence-corrected chi connectivity index (χ2v) is 12.8. The van der Waals surface area contributed by atoms with Crippen molar-refractivity contribution in [1.82, 2.24) is 24.3 Å². The van der Waals surface area contributed by atoms with Crippen molar-refractivity contribution in [3.63, 3.8) is 0 Å². The third-order valence-electron chi connectivity index (χ3n) is 9.18. The van der Waals surface area contributed by atoms with Crippen LogP contribution >= 0.6 is 23.2 Å². The summed E-state index contributed by atoms with van der Waals surface area (Å²) in [5.41, 5.74) is 1.55. The van der Waals surface area contributed by atoms with Gasteiger partial charge in [-0.15, -0.1) is 0 Å². The maximum atomic E-state index is 13.5. The normalized spacial score (nSPS) is 23.4. The van der Waals surface area contributed by atoms with Crippen molar-refractivity contribution in [3.05, 3.63) is 92.6 Å². The summed E-state index contributed by atoms with van der Waals surface area (Å²) in [6, 6.07) is 17.1. The molecule has 2 N–H and O–H groups in total. The number of hydrogen-bond acceptors (Lipinski definition) is 6. The van der Waals surface area contributed by atoms with Gasteiger partial charge >= 0.3 is 0 Å². The molecule has 224 valence electrons. The zero-order valence-electron chi connectivity index (χ0n) is 23.6. The third kappa shape index (κ3) is 5.49. The summed E-state index contributed by atoms with van der Waals surface area (Å²) in [6.07, 6.45) is 5.95. The van der Waals surface area contributed by atoms with Gasteiger partial charge in [-0.1, -0.05) is 35.3 Å². The van der Waals surface area contributed by atoms with Crippen LogP contribution in [0.2, 0.25) is 10.2 Å². The topological polar surface area (TPSA) is 102 Å². The molecule has 2 saturated heterocycles. The number of halogens is 2. The quantitative estimate of drug-likeness (QED) is 0.334. The molecule has 2 aliphatic heterocycles. The van der Waals surface area contributed by atoms with Crippen molar-refractivity contribution in [3.8, 4) is 5.69 Å². The number of likely N-dealkylation sites (tertiary alicyclic amines) is 1. The van der Waals surface area contributed by atoms with Gasteiger partial charge in [0.2, 0.25) is 0 Å². The maximum absolute atomic E-state index is 13.5. The number of morpholine rings is 1. The fourth-order valence-electron chi connectivity index (χ4n) is 6.71. The van der Waals surface area contributed by atoms with Crippen LogP contribution in [0.25, 0.3) is 16.7 Å². The molecule has 3 fully saturated rings. The zero-order valence-corrected chi connectivity index (χ0v) is 25.1. The average Bonchev–Trinajstić information content (AvgIpc) is 3.63. The van der Waals surface area contributed by atoms with E-state index in [0.29, 0.717) is 71.5 Å². The second-order valence-electron chi connectivity index (χ2n) is 12.0. The molecule has 9 nitrogen and oxygen atoms in total. The largest absolute Gasteiger partial charge is 0.388 e. The first-order valence-electron chi connectivity index (χ1n) is 14.8. The Morgan fingerprint density at radius 1 is 1.07 bits per heavy atom. The molecule has 1 aliphatic carbocycles. The van der Waals surface area contributed by atoms with E-state index in [9.17, 15) is 14.7 Å². The average molecular weight is 623 g/mol. The van der Waals surface area contributed by atoms with E-state index in [1.807, 2.05) is 12.1 Å². The number of fused-ring (bicyclic) bond motifs is 2. The van der Waals surface area contributed by atoms with E-state index in [1.165, 1.54) is 17.3 Å². The SMILES string of the molecule is O=C(c1ccc(Cl)cc1)N1CCC(O)(Cn2cnc3c(cc(Cl)n3-c3ccc(C4COC5CCCC5N4)cc3)c2=O)CC1. The summed E-state index contributed by atoms with van der Waals surface area (Å²) in [5, 5.41) is 16.4. The number of hydrogen-bond donors (Lipinski definition) is 2. The number of carbonyl (C=O) groups is 1. The Morgan fingerprint density at radius 2 is 1.81 bits per heavy atom. The summed E-state index contributed by atoms with van der Waals surface area (Å²) >= 11 is 12.6. The number of ether oxygens (including phenoxy) is 1. The van der Waals surface area contributed by atoms with Crippen molar-refractivity contribution < 1.29 is 14.6 Å². The molecule has 0 spiro atoms. The highest BCUT2D eigenvalue weighted by Gasteiger charge is 2.36. The number of nitrogens with one attached hydrogen (secondary N) is 1. The third-order valence-corrected chi connectivity index (χ3v) is 9.71. The van der Waals surface area contributed by atoms with E-state index in [4.69, 9.17) is 27.9 Å². The highest BCUT2D eigenvalue weighted by atomic mass is 35.5. The lowest BCUT2D eigenvalue weighted by Gasteiger charge is -2.38. The van der Waals surface area contributed by atoms with E-state index in [-0.39, 0.29) is 24.1 Å². The number of amides is 1. The lowest BCUT2D eigenvalue weighted by molar-refractivity contribution is -0.0299. The van der Waals surface area contributed by atoms with Gasteiger partial charge in [-0.3, -0.25) is 18.7 Å². The molecule has 4 heterocycles. The predicted octanol–water partition coefficient (Wildman–Crippen LogP) is 4.74. The number of carbonyl (C=O) groups excluding carboxylic acids is 1. The highest BCUT2D eigenvalue weighted by Crippen LogP contribution is 2.32. The number of nitrogens with zero attached hydrogens (tertiary/aromatic N) is 4. The van der Waals surface area contributed by atoms with Crippen LogP contribution in [0.1, 0.15) is 54.1 Å². The van der Waals surface area contributed by atoms with Crippen molar-refractivity contribution in [2.45, 2.75) is 62.4 Å². The molecule has 1 saturated carbocycles. The minimum Gasteiger partial charge on any atom is -0.388 e. The Hall–Kier alpha value is -3.21. The van der Waals surface area contributed by atoms with Crippen molar-refractivity contribution in [1.29, 1.82) is 0 Å². The Balaban J connectivity index is 1.06. The van der Waals surface area contributed by atoms with Gasteiger partial charge in [-0.25, -0.2) is 4.98 Å². The summed E-state index contributed by atoms with van der Waals surface area (Å²) in [6.45, 7) is 1.49. The van der Waals surface area contributed by atoms with Gasteiger partial charge < -0.3 is 20.1 Å². The predicted molar refractivity (Wildman–Crippen MR) is 165 cm³/mol. The molecule has 0 radical (unpaired) electrons. The standard InChI is InChI=1S/C32H33Cl2N5O4/c33-22-8-4-21(5-9-22)30(40)37-14-12-32(42,13-15-37)18-38-19-35-29-24(31(38)41)16-28(34)39(29)23-10-6-20(7-11-23)26-17-43-27-3-1-2-25(27)36-26/h4-11,16,19,25-27,36,42H,1-3,12-15,17-18H2. The summed E-state index contributed by atoms with van der Waals surface area (Å²) < 4.78 is 9.30. The van der Waals surface area contributed by atoms with Crippen LogP contribution in [-0.2, 0) is 11.3 Å². The van der Waals surface area contributed by atoms with Crippen LogP contribution in [0.15, 0.2) is 65.7 Å². The van der Waals surface area contributed by atoms with Crippen molar-refractivity contribution in [2.75, 3.05) is 19.7 Å². The van der Waals surface area contributed by atoms with Crippen LogP contribution in [0.5, 0.6) is 0 Å². The van der Waals surface area contributed by atoms with Crippen LogP contribution in [0.4, 0.5) is 0 Å². The fraction of sp³-hybridized carbons (Fsp3) is 0.406. The van der Waals surface area contributed by atoms with E-state index < -0.39 is 5.60 Å². The molecule has 1 amide bonds. The van der Waals surface area contributed by atoms with Gasteiger partial charge in [0, 0.05) is 35.4 Å². The minimum absolute atomic E-state index is 0.0769. The number of benzene rings is 2. The molecular formula is C32H33Cl2N5O4. The highest BCUT2D eigenvalue weighted by molar-refractivity contribution is 6.31. The number of aromatic nitrogens is 3. The van der Waals surface area contributed by atoms with Gasteiger partial charge in [0.05, 0.1) is 36.3 Å². The molecular weight excluding hydrogens is 589 g/mol. The zero-order chi connectivity index (χ0) is 29.7. The lowest BCUT2D eigenvalue weighted by Crippen LogP contribution is -2.49. The Morgan fingerprint density at radius 3 is 2.56 bits per heavy atom. The molecule has 11 heteroatoms.